The zero-order valence-electron chi connectivity index (χ0n) is 9.76. The number of carbonyl (C=O) groups excluding carboxylic acids is 1. The van der Waals surface area contributed by atoms with Crippen molar-refractivity contribution in [2.24, 2.45) is 0 Å². The van der Waals surface area contributed by atoms with Gasteiger partial charge in [0.25, 0.3) is 5.91 Å². The van der Waals surface area contributed by atoms with Gasteiger partial charge >= 0.3 is 0 Å². The molecule has 1 aromatic carbocycles. The lowest BCUT2D eigenvalue weighted by Gasteiger charge is -2.08. The van der Waals surface area contributed by atoms with E-state index in [1.165, 1.54) is 0 Å². The highest BCUT2D eigenvalue weighted by Crippen LogP contribution is 2.12. The average molecular weight is 205 g/mol. The number of aryl methyl sites for hydroxylation is 1. The summed E-state index contributed by atoms with van der Waals surface area (Å²) in [5, 5.41) is 2.93. The Morgan fingerprint density at radius 2 is 2.07 bits per heavy atom. The molecule has 0 spiro atoms. The Hall–Kier alpha value is -1.31. The van der Waals surface area contributed by atoms with Crippen molar-refractivity contribution in [3.63, 3.8) is 0 Å². The van der Waals surface area contributed by atoms with Crippen molar-refractivity contribution in [1.82, 2.24) is 5.32 Å². The molecule has 1 rings (SSSR count). The van der Waals surface area contributed by atoms with Crippen LogP contribution in [0.15, 0.2) is 18.2 Å². The van der Waals surface area contributed by atoms with E-state index < -0.39 is 0 Å². The zero-order chi connectivity index (χ0) is 11.3. The maximum Gasteiger partial charge on any atom is 0.251 e. The molecular weight excluding hydrogens is 186 g/mol. The largest absolute Gasteiger partial charge is 0.352 e. The maximum absolute atomic E-state index is 11.8. The van der Waals surface area contributed by atoms with Gasteiger partial charge < -0.3 is 5.32 Å². The summed E-state index contributed by atoms with van der Waals surface area (Å²) >= 11 is 0. The van der Waals surface area contributed by atoms with Gasteiger partial charge in [-0.25, -0.2) is 0 Å². The number of nitrogens with one attached hydrogen (secondary N) is 1. The summed E-state index contributed by atoms with van der Waals surface area (Å²) in [6.45, 7) is 6.90. The first-order chi connectivity index (χ1) is 7.16. The van der Waals surface area contributed by atoms with Crippen LogP contribution in [0.4, 0.5) is 0 Å². The van der Waals surface area contributed by atoms with Crippen molar-refractivity contribution < 1.29 is 4.79 Å². The highest BCUT2D eigenvalue weighted by Gasteiger charge is 2.08. The van der Waals surface area contributed by atoms with E-state index in [-0.39, 0.29) is 5.91 Å². The van der Waals surface area contributed by atoms with Crippen LogP contribution in [0, 0.1) is 13.8 Å². The first-order valence-electron chi connectivity index (χ1n) is 5.51. The van der Waals surface area contributed by atoms with E-state index in [1.807, 2.05) is 32.0 Å². The van der Waals surface area contributed by atoms with Gasteiger partial charge in [0, 0.05) is 12.1 Å². The number of unbranched alkanes of at least 4 members (excludes halogenated alkanes) is 1. The van der Waals surface area contributed by atoms with Crippen molar-refractivity contribution in [3.8, 4) is 0 Å². The van der Waals surface area contributed by atoms with E-state index in [2.05, 4.69) is 12.2 Å². The van der Waals surface area contributed by atoms with Crippen molar-refractivity contribution in [3.05, 3.63) is 34.9 Å². The smallest absolute Gasteiger partial charge is 0.251 e. The normalized spacial score (nSPS) is 10.1. The van der Waals surface area contributed by atoms with Crippen molar-refractivity contribution in [2.45, 2.75) is 33.6 Å². The zero-order valence-corrected chi connectivity index (χ0v) is 9.76. The topological polar surface area (TPSA) is 29.1 Å². The highest BCUT2D eigenvalue weighted by molar-refractivity contribution is 5.95. The lowest BCUT2D eigenvalue weighted by Crippen LogP contribution is -2.25. The van der Waals surface area contributed by atoms with Gasteiger partial charge in [-0.05, 0) is 37.5 Å². The Kier molecular flexibility index (Phi) is 4.35. The molecule has 2 heteroatoms. The molecule has 0 fully saturated rings. The molecule has 2 nitrogen and oxygen atoms in total. The Labute approximate surface area is 91.7 Å². The van der Waals surface area contributed by atoms with E-state index in [0.717, 1.165) is 36.1 Å². The average Bonchev–Trinajstić information content (AvgIpc) is 2.22. The first-order valence-corrected chi connectivity index (χ1v) is 5.51. The number of rotatable bonds is 4. The summed E-state index contributed by atoms with van der Waals surface area (Å²) in [6.07, 6.45) is 2.14. The molecule has 0 saturated heterocycles. The van der Waals surface area contributed by atoms with Crippen LogP contribution in [-0.2, 0) is 0 Å². The molecule has 15 heavy (non-hydrogen) atoms. The van der Waals surface area contributed by atoms with Gasteiger partial charge in [0.1, 0.15) is 0 Å². The molecule has 0 saturated carbocycles. The van der Waals surface area contributed by atoms with E-state index in [0.29, 0.717) is 0 Å². The van der Waals surface area contributed by atoms with Gasteiger partial charge in [-0.3, -0.25) is 4.79 Å². The van der Waals surface area contributed by atoms with Crippen molar-refractivity contribution >= 4 is 5.91 Å². The predicted octanol–water partition coefficient (Wildman–Crippen LogP) is 2.83. The molecule has 0 aliphatic carbocycles. The molecule has 0 atom stereocenters. The SMILES string of the molecule is CCCCNC(=O)c1cccc(C)c1C. The van der Waals surface area contributed by atoms with Crippen molar-refractivity contribution in [1.29, 1.82) is 0 Å². The van der Waals surface area contributed by atoms with Gasteiger partial charge in [-0.15, -0.1) is 0 Å². The highest BCUT2D eigenvalue weighted by atomic mass is 16.1. The van der Waals surface area contributed by atoms with Gasteiger partial charge in [-0.2, -0.15) is 0 Å². The van der Waals surface area contributed by atoms with Gasteiger partial charge in [0.05, 0.1) is 0 Å². The molecular formula is C13H19NO. The van der Waals surface area contributed by atoms with Crippen LogP contribution in [0.2, 0.25) is 0 Å². The number of carbonyl (C=O) groups is 1. The van der Waals surface area contributed by atoms with Gasteiger partial charge in [-0.1, -0.05) is 25.5 Å². The quantitative estimate of drug-likeness (QED) is 0.752. The summed E-state index contributed by atoms with van der Waals surface area (Å²) in [5.74, 6) is 0.0460. The molecule has 0 aliphatic heterocycles. The fraction of sp³-hybridized carbons (Fsp3) is 0.462. The summed E-state index contributed by atoms with van der Waals surface area (Å²) in [5.41, 5.74) is 3.04. The second-order valence-corrected chi connectivity index (χ2v) is 3.86. The molecule has 0 aromatic heterocycles. The van der Waals surface area contributed by atoms with E-state index in [1.54, 1.807) is 0 Å². The third-order valence-electron chi connectivity index (χ3n) is 2.67. The van der Waals surface area contributed by atoms with Crippen LogP contribution >= 0.6 is 0 Å². The lowest BCUT2D eigenvalue weighted by atomic mass is 10.0. The first kappa shape index (κ1) is 11.8. The second kappa shape index (κ2) is 5.54. The number of hydrogen-bond acceptors (Lipinski definition) is 1. The van der Waals surface area contributed by atoms with Gasteiger partial charge in [0.15, 0.2) is 0 Å². The molecule has 0 radical (unpaired) electrons. The van der Waals surface area contributed by atoms with E-state index in [9.17, 15) is 4.79 Å². The van der Waals surface area contributed by atoms with Gasteiger partial charge in [0.2, 0.25) is 0 Å². The fourth-order valence-electron chi connectivity index (χ4n) is 1.47. The Bertz CT molecular complexity index is 344. The monoisotopic (exact) mass is 205 g/mol. The predicted molar refractivity (Wildman–Crippen MR) is 63.2 cm³/mol. The third-order valence-corrected chi connectivity index (χ3v) is 2.67. The molecule has 0 unspecified atom stereocenters. The minimum absolute atomic E-state index is 0.0460. The van der Waals surface area contributed by atoms with E-state index >= 15 is 0 Å². The summed E-state index contributed by atoms with van der Waals surface area (Å²) in [6, 6.07) is 5.83. The van der Waals surface area contributed by atoms with Crippen molar-refractivity contribution in [2.75, 3.05) is 6.54 Å². The van der Waals surface area contributed by atoms with E-state index in [4.69, 9.17) is 0 Å². The number of benzene rings is 1. The van der Waals surface area contributed by atoms with Crippen LogP contribution in [0.1, 0.15) is 41.3 Å². The molecule has 82 valence electrons. The summed E-state index contributed by atoms with van der Waals surface area (Å²) in [7, 11) is 0. The number of amides is 1. The molecule has 1 aromatic rings. The molecule has 0 aliphatic rings. The minimum Gasteiger partial charge on any atom is -0.352 e. The van der Waals surface area contributed by atoms with Crippen LogP contribution < -0.4 is 5.32 Å². The molecule has 1 amide bonds. The maximum atomic E-state index is 11.8. The lowest BCUT2D eigenvalue weighted by molar-refractivity contribution is 0.0952. The summed E-state index contributed by atoms with van der Waals surface area (Å²) in [4.78, 5) is 11.8. The standard InChI is InChI=1S/C13H19NO/c1-4-5-9-14-13(15)12-8-6-7-10(2)11(12)3/h6-8H,4-5,9H2,1-3H3,(H,14,15). The minimum atomic E-state index is 0.0460. The second-order valence-electron chi connectivity index (χ2n) is 3.86. The Balaban J connectivity index is 2.69. The summed E-state index contributed by atoms with van der Waals surface area (Å²) < 4.78 is 0. The van der Waals surface area contributed by atoms with Crippen LogP contribution in [0.5, 0.6) is 0 Å². The van der Waals surface area contributed by atoms with Crippen LogP contribution in [0.3, 0.4) is 0 Å². The Morgan fingerprint density at radius 3 is 2.73 bits per heavy atom. The molecule has 1 N–H and O–H groups in total. The number of hydrogen-bond donors (Lipinski definition) is 1. The fourth-order valence-corrected chi connectivity index (χ4v) is 1.47. The Morgan fingerprint density at radius 1 is 1.33 bits per heavy atom. The molecule has 0 heterocycles. The molecule has 0 bridgehead atoms. The van der Waals surface area contributed by atoms with Crippen LogP contribution in [-0.4, -0.2) is 12.5 Å². The van der Waals surface area contributed by atoms with Crippen LogP contribution in [0.25, 0.3) is 0 Å². The third kappa shape index (κ3) is 3.08.